The van der Waals surface area contributed by atoms with Gasteiger partial charge in [0, 0.05) is 55.8 Å². The first-order chi connectivity index (χ1) is 14.0. The molecule has 1 aliphatic rings. The zero-order chi connectivity index (χ0) is 20.5. The minimum Gasteiger partial charge on any atom is -0.496 e. The number of hydrogen-bond acceptors (Lipinski definition) is 4. The molecule has 0 saturated carbocycles. The fourth-order valence-corrected chi connectivity index (χ4v) is 3.87. The van der Waals surface area contributed by atoms with Gasteiger partial charge in [-0.1, -0.05) is 0 Å². The molecule has 0 bridgehead atoms. The Balaban J connectivity index is 1.67. The van der Waals surface area contributed by atoms with Gasteiger partial charge in [-0.15, -0.1) is 0 Å². The summed E-state index contributed by atoms with van der Waals surface area (Å²) in [6, 6.07) is 12.8. The van der Waals surface area contributed by atoms with Crippen LogP contribution in [0.4, 0.5) is 10.1 Å². The third-order valence-corrected chi connectivity index (χ3v) is 5.53. The molecular weight excluding hydrogens is 369 g/mol. The summed E-state index contributed by atoms with van der Waals surface area (Å²) >= 11 is 0. The van der Waals surface area contributed by atoms with Crippen LogP contribution in [0.5, 0.6) is 5.75 Å². The lowest BCUT2D eigenvalue weighted by Gasteiger charge is -2.35. The Morgan fingerprint density at radius 2 is 1.83 bits per heavy atom. The zero-order valence-corrected chi connectivity index (χ0v) is 16.9. The lowest BCUT2D eigenvalue weighted by Crippen LogP contribution is -2.48. The molecule has 0 unspecified atom stereocenters. The van der Waals surface area contributed by atoms with Crippen molar-refractivity contribution in [2.24, 2.45) is 0 Å². The lowest BCUT2D eigenvalue weighted by molar-refractivity contribution is -0.129. The van der Waals surface area contributed by atoms with Gasteiger partial charge in [-0.05, 0) is 48.9 Å². The number of methoxy groups -OCH3 is 1. The van der Waals surface area contributed by atoms with Crippen LogP contribution >= 0.6 is 0 Å². The summed E-state index contributed by atoms with van der Waals surface area (Å²) in [6.07, 6.45) is 0. The normalized spacial score (nSPS) is 14.3. The van der Waals surface area contributed by atoms with Crippen molar-refractivity contribution in [1.82, 2.24) is 9.88 Å². The van der Waals surface area contributed by atoms with Gasteiger partial charge in [0.15, 0.2) is 0 Å². The number of ether oxygens (including phenoxy) is 1. The number of aryl methyl sites for hydroxylation is 1. The second-order valence-corrected chi connectivity index (χ2v) is 7.36. The number of amides is 1. The SMILES string of the molecule is COc1cc(F)ccc1-c1cc(C)c2cc(N3CCN(C(C)=O)CC3)ccc2n1. The molecule has 0 atom stereocenters. The maximum absolute atomic E-state index is 13.5. The Morgan fingerprint density at radius 3 is 2.52 bits per heavy atom. The van der Waals surface area contributed by atoms with E-state index in [0.29, 0.717) is 5.75 Å². The number of nitrogens with zero attached hydrogens (tertiary/aromatic N) is 3. The second kappa shape index (κ2) is 7.70. The fraction of sp³-hybridized carbons (Fsp3) is 0.304. The topological polar surface area (TPSA) is 45.7 Å². The molecule has 0 N–H and O–H groups in total. The van der Waals surface area contributed by atoms with Crippen LogP contribution < -0.4 is 9.64 Å². The second-order valence-electron chi connectivity index (χ2n) is 7.36. The number of carbonyl (C=O) groups is 1. The number of benzene rings is 2. The standard InChI is InChI=1S/C23H24FN3O2/c1-15-12-22(19-6-4-17(24)13-23(19)29-3)25-21-7-5-18(14-20(15)21)27-10-8-26(9-11-27)16(2)28/h4-7,12-14H,8-11H2,1-3H3. The lowest BCUT2D eigenvalue weighted by atomic mass is 10.0. The van der Waals surface area contributed by atoms with E-state index < -0.39 is 0 Å². The van der Waals surface area contributed by atoms with Gasteiger partial charge in [-0.3, -0.25) is 4.79 Å². The number of carbonyl (C=O) groups excluding carboxylic acids is 1. The van der Waals surface area contributed by atoms with E-state index in [4.69, 9.17) is 9.72 Å². The van der Waals surface area contributed by atoms with Crippen LogP contribution in [0.1, 0.15) is 12.5 Å². The molecule has 6 heteroatoms. The number of hydrogen-bond donors (Lipinski definition) is 0. The maximum Gasteiger partial charge on any atom is 0.219 e. The van der Waals surface area contributed by atoms with Crippen LogP contribution in [0.3, 0.4) is 0 Å². The van der Waals surface area contributed by atoms with Crippen molar-refractivity contribution >= 4 is 22.5 Å². The van der Waals surface area contributed by atoms with Gasteiger partial charge in [-0.2, -0.15) is 0 Å². The Hall–Kier alpha value is -3.15. The smallest absolute Gasteiger partial charge is 0.219 e. The van der Waals surface area contributed by atoms with E-state index in [1.54, 1.807) is 13.0 Å². The third kappa shape index (κ3) is 3.75. The predicted molar refractivity (Wildman–Crippen MR) is 113 cm³/mol. The van der Waals surface area contributed by atoms with E-state index >= 15 is 0 Å². The average molecular weight is 393 g/mol. The molecule has 4 rings (SSSR count). The highest BCUT2D eigenvalue weighted by atomic mass is 19.1. The predicted octanol–water partition coefficient (Wildman–Crippen LogP) is 4.03. The molecule has 2 heterocycles. The molecule has 1 aliphatic heterocycles. The van der Waals surface area contributed by atoms with Crippen molar-refractivity contribution in [2.45, 2.75) is 13.8 Å². The average Bonchev–Trinajstić information content (AvgIpc) is 2.73. The largest absolute Gasteiger partial charge is 0.496 e. The Labute approximate surface area is 169 Å². The fourth-order valence-electron chi connectivity index (χ4n) is 3.87. The van der Waals surface area contributed by atoms with E-state index in [1.807, 2.05) is 17.0 Å². The Bertz CT molecular complexity index is 1080. The quantitative estimate of drug-likeness (QED) is 0.674. The summed E-state index contributed by atoms with van der Waals surface area (Å²) in [6.45, 7) is 6.81. The van der Waals surface area contributed by atoms with E-state index in [-0.39, 0.29) is 11.7 Å². The highest BCUT2D eigenvalue weighted by molar-refractivity contribution is 5.88. The highest BCUT2D eigenvalue weighted by Gasteiger charge is 2.19. The zero-order valence-electron chi connectivity index (χ0n) is 16.9. The summed E-state index contributed by atoms with van der Waals surface area (Å²) in [4.78, 5) is 20.5. The minimum absolute atomic E-state index is 0.131. The van der Waals surface area contributed by atoms with Gasteiger partial charge >= 0.3 is 0 Å². The Morgan fingerprint density at radius 1 is 1.07 bits per heavy atom. The molecule has 0 aliphatic carbocycles. The highest BCUT2D eigenvalue weighted by Crippen LogP contribution is 2.33. The van der Waals surface area contributed by atoms with Crippen LogP contribution in [0.25, 0.3) is 22.2 Å². The summed E-state index contributed by atoms with van der Waals surface area (Å²) in [5.41, 5.74) is 4.65. The van der Waals surface area contributed by atoms with Crippen molar-refractivity contribution in [3.8, 4) is 17.0 Å². The molecule has 5 nitrogen and oxygen atoms in total. The van der Waals surface area contributed by atoms with Crippen LogP contribution in [-0.4, -0.2) is 49.1 Å². The van der Waals surface area contributed by atoms with Gasteiger partial charge in [0.1, 0.15) is 11.6 Å². The van der Waals surface area contributed by atoms with Gasteiger partial charge in [0.25, 0.3) is 0 Å². The van der Waals surface area contributed by atoms with Gasteiger partial charge in [0.2, 0.25) is 5.91 Å². The van der Waals surface area contributed by atoms with Crippen molar-refractivity contribution < 1.29 is 13.9 Å². The van der Waals surface area contributed by atoms with Crippen molar-refractivity contribution in [2.75, 3.05) is 38.2 Å². The number of fused-ring (bicyclic) bond motifs is 1. The monoisotopic (exact) mass is 393 g/mol. The third-order valence-electron chi connectivity index (χ3n) is 5.53. The van der Waals surface area contributed by atoms with Crippen molar-refractivity contribution in [1.29, 1.82) is 0 Å². The molecule has 0 spiro atoms. The number of halogens is 1. The van der Waals surface area contributed by atoms with Gasteiger partial charge < -0.3 is 14.5 Å². The maximum atomic E-state index is 13.5. The Kier molecular flexibility index (Phi) is 5.09. The van der Waals surface area contributed by atoms with E-state index in [9.17, 15) is 9.18 Å². The van der Waals surface area contributed by atoms with E-state index in [2.05, 4.69) is 24.0 Å². The summed E-state index contributed by atoms with van der Waals surface area (Å²) in [7, 11) is 1.53. The molecule has 150 valence electrons. The minimum atomic E-state index is -0.336. The molecule has 1 fully saturated rings. The number of rotatable bonds is 3. The molecule has 2 aromatic carbocycles. The van der Waals surface area contributed by atoms with Crippen molar-refractivity contribution in [3.63, 3.8) is 0 Å². The van der Waals surface area contributed by atoms with E-state index in [1.165, 1.54) is 19.2 Å². The molecule has 1 saturated heterocycles. The number of piperazine rings is 1. The van der Waals surface area contributed by atoms with Crippen molar-refractivity contribution in [3.05, 3.63) is 53.8 Å². The van der Waals surface area contributed by atoms with E-state index in [0.717, 1.165) is 59.6 Å². The first-order valence-electron chi connectivity index (χ1n) is 9.72. The molecular formula is C23H24FN3O2. The van der Waals surface area contributed by atoms with Crippen LogP contribution in [0.2, 0.25) is 0 Å². The summed E-state index contributed by atoms with van der Waals surface area (Å²) in [5.74, 6) is 0.265. The van der Waals surface area contributed by atoms with Gasteiger partial charge in [-0.25, -0.2) is 9.37 Å². The first kappa shape index (κ1) is 19.2. The molecule has 1 aromatic heterocycles. The summed E-state index contributed by atoms with van der Waals surface area (Å²) in [5, 5.41) is 1.08. The van der Waals surface area contributed by atoms with Crippen LogP contribution in [-0.2, 0) is 4.79 Å². The van der Waals surface area contributed by atoms with Crippen LogP contribution in [0, 0.1) is 12.7 Å². The molecule has 0 radical (unpaired) electrons. The number of pyridine rings is 1. The van der Waals surface area contributed by atoms with Gasteiger partial charge in [0.05, 0.1) is 18.3 Å². The number of aromatic nitrogens is 1. The van der Waals surface area contributed by atoms with Crippen LogP contribution in [0.15, 0.2) is 42.5 Å². The molecule has 29 heavy (non-hydrogen) atoms. The molecule has 3 aromatic rings. The number of anilines is 1. The summed E-state index contributed by atoms with van der Waals surface area (Å²) < 4.78 is 18.9. The first-order valence-corrected chi connectivity index (χ1v) is 9.72. The molecule has 1 amide bonds.